The smallest absolute Gasteiger partial charge is 0.410 e. The molecule has 1 aliphatic rings. The van der Waals surface area contributed by atoms with Crippen molar-refractivity contribution in [3.63, 3.8) is 0 Å². The first-order valence-electron chi connectivity index (χ1n) is 10.7. The van der Waals surface area contributed by atoms with Crippen LogP contribution in [0.2, 0.25) is 0 Å². The van der Waals surface area contributed by atoms with E-state index in [9.17, 15) is 9.18 Å². The number of carbonyl (C=O) groups is 1. The van der Waals surface area contributed by atoms with Crippen LogP contribution in [-0.4, -0.2) is 33.1 Å². The van der Waals surface area contributed by atoms with Gasteiger partial charge in [-0.05, 0) is 104 Å². The molecule has 0 unspecified atom stereocenters. The minimum absolute atomic E-state index is 0.125. The van der Waals surface area contributed by atoms with Gasteiger partial charge in [-0.3, -0.25) is 4.90 Å². The predicted octanol–water partition coefficient (Wildman–Crippen LogP) is 6.87. The molecule has 0 saturated carbocycles. The molecule has 0 radical (unpaired) electrons. The average Bonchev–Trinajstić information content (AvgIpc) is 3.38. The summed E-state index contributed by atoms with van der Waals surface area (Å²) in [5, 5.41) is 0. The molecule has 3 aromatic rings. The first-order valence-corrected chi connectivity index (χ1v) is 11.8. The summed E-state index contributed by atoms with van der Waals surface area (Å²) in [7, 11) is 0. The summed E-state index contributed by atoms with van der Waals surface area (Å²) in [5.74, 6) is 0.517. The van der Waals surface area contributed by atoms with Gasteiger partial charge in [-0.1, -0.05) is 12.1 Å². The molecule has 1 saturated heterocycles. The molecule has 1 atom stereocenters. The molecule has 168 valence electrons. The number of hydrogen-bond acceptors (Lipinski definition) is 3. The number of amides is 1. The highest BCUT2D eigenvalue weighted by atomic mass is 127. The maximum atomic E-state index is 13.4. The number of likely N-dealkylation sites (tertiary alicyclic amines) is 1. The lowest BCUT2D eigenvalue weighted by Gasteiger charge is -2.27. The number of nitrogens with one attached hydrogen (secondary N) is 1. The Morgan fingerprint density at radius 1 is 1.22 bits per heavy atom. The highest BCUT2D eigenvalue weighted by Gasteiger charge is 2.34. The summed E-state index contributed by atoms with van der Waals surface area (Å²) in [6.45, 7) is 8.35. The van der Waals surface area contributed by atoms with Crippen LogP contribution in [0.15, 0.2) is 42.6 Å². The predicted molar refractivity (Wildman–Crippen MR) is 132 cm³/mol. The van der Waals surface area contributed by atoms with Crippen molar-refractivity contribution in [1.29, 1.82) is 0 Å². The molecule has 0 bridgehead atoms. The largest absolute Gasteiger partial charge is 0.444 e. The van der Waals surface area contributed by atoms with Crippen molar-refractivity contribution >= 4 is 28.7 Å². The molecule has 5 nitrogen and oxygen atoms in total. The molecule has 0 aliphatic carbocycles. The summed E-state index contributed by atoms with van der Waals surface area (Å²) in [6, 6.07) is 10.6. The van der Waals surface area contributed by atoms with Crippen LogP contribution in [0.3, 0.4) is 0 Å². The van der Waals surface area contributed by atoms with E-state index in [4.69, 9.17) is 4.74 Å². The van der Waals surface area contributed by atoms with Crippen LogP contribution in [0, 0.1) is 16.3 Å². The maximum absolute atomic E-state index is 13.4. The van der Waals surface area contributed by atoms with E-state index in [1.54, 1.807) is 17.0 Å². The lowest BCUT2D eigenvalue weighted by atomic mass is 9.99. The van der Waals surface area contributed by atoms with E-state index in [1.807, 2.05) is 27.0 Å². The molecule has 0 spiro atoms. The van der Waals surface area contributed by atoms with Gasteiger partial charge in [0.1, 0.15) is 17.2 Å². The normalized spacial score (nSPS) is 16.4. The Morgan fingerprint density at radius 3 is 2.62 bits per heavy atom. The highest BCUT2D eigenvalue weighted by Crippen LogP contribution is 2.35. The second kappa shape index (κ2) is 8.84. The zero-order chi connectivity index (χ0) is 23.0. The molecule has 1 N–H and O–H groups in total. The summed E-state index contributed by atoms with van der Waals surface area (Å²) in [6.07, 6.45) is 3.27. The summed E-state index contributed by atoms with van der Waals surface area (Å²) in [5.41, 5.74) is 4.51. The van der Waals surface area contributed by atoms with Crippen molar-refractivity contribution in [2.45, 2.75) is 52.2 Å². The summed E-state index contributed by atoms with van der Waals surface area (Å²) < 4.78 is 20.1. The second-order valence-corrected chi connectivity index (χ2v) is 10.3. The molecule has 7 heteroatoms. The van der Waals surface area contributed by atoms with Gasteiger partial charge in [-0.25, -0.2) is 14.2 Å². The van der Waals surface area contributed by atoms with Gasteiger partial charge >= 0.3 is 6.09 Å². The third-order valence-electron chi connectivity index (χ3n) is 5.51. The van der Waals surface area contributed by atoms with Gasteiger partial charge in [0, 0.05) is 15.7 Å². The van der Waals surface area contributed by atoms with Crippen LogP contribution in [0.1, 0.15) is 51.0 Å². The number of aromatic amines is 1. The third kappa shape index (κ3) is 4.82. The van der Waals surface area contributed by atoms with E-state index >= 15 is 0 Å². The van der Waals surface area contributed by atoms with E-state index in [0.717, 1.165) is 50.2 Å². The standard InChI is InChI=1S/C25H27FIN3O2/c1-15-12-17(13-19(22(15)27)16-7-9-18(26)10-8-16)20-14-28-23(29-20)21-6-5-11-30(21)24(31)32-25(2,3)4/h7-10,12-14,21H,5-6,11H2,1-4H3,(H,28,29)/t21-/m0/s1. The molecule has 32 heavy (non-hydrogen) atoms. The average molecular weight is 547 g/mol. The van der Waals surface area contributed by atoms with Crippen molar-refractivity contribution in [2.75, 3.05) is 6.54 Å². The molecule has 4 rings (SSSR count). The Balaban J connectivity index is 1.64. The molecule has 1 aromatic heterocycles. The van der Waals surface area contributed by atoms with Crippen LogP contribution < -0.4 is 0 Å². The Labute approximate surface area is 201 Å². The van der Waals surface area contributed by atoms with Crippen molar-refractivity contribution in [1.82, 2.24) is 14.9 Å². The number of benzene rings is 2. The van der Waals surface area contributed by atoms with Crippen LogP contribution in [0.5, 0.6) is 0 Å². The Bertz CT molecular complexity index is 1140. The van der Waals surface area contributed by atoms with Gasteiger partial charge in [0.2, 0.25) is 0 Å². The number of hydrogen-bond donors (Lipinski definition) is 1. The SMILES string of the molecule is Cc1cc(-c2cnc([C@@H]3CCCN3C(=O)OC(C)(C)C)[nH]2)cc(-c2ccc(F)cc2)c1I. The van der Waals surface area contributed by atoms with Crippen molar-refractivity contribution < 1.29 is 13.9 Å². The number of aromatic nitrogens is 2. The quantitative estimate of drug-likeness (QED) is 0.365. The van der Waals surface area contributed by atoms with Crippen LogP contribution in [0.25, 0.3) is 22.4 Å². The summed E-state index contributed by atoms with van der Waals surface area (Å²) >= 11 is 2.33. The minimum Gasteiger partial charge on any atom is -0.444 e. The first-order chi connectivity index (χ1) is 15.1. The van der Waals surface area contributed by atoms with Crippen molar-refractivity contribution in [2.24, 2.45) is 0 Å². The van der Waals surface area contributed by atoms with Gasteiger partial charge in [0.25, 0.3) is 0 Å². The van der Waals surface area contributed by atoms with Crippen molar-refractivity contribution in [3.8, 4) is 22.4 Å². The molecule has 2 aromatic carbocycles. The molecular weight excluding hydrogens is 520 g/mol. The van der Waals surface area contributed by atoms with Gasteiger partial charge in [0.15, 0.2) is 0 Å². The van der Waals surface area contributed by atoms with Crippen LogP contribution in [0.4, 0.5) is 9.18 Å². The number of imidazole rings is 1. The monoisotopic (exact) mass is 547 g/mol. The number of halogens is 2. The fourth-order valence-electron chi connectivity index (χ4n) is 4.01. The second-order valence-electron chi connectivity index (χ2n) is 9.18. The third-order valence-corrected chi connectivity index (χ3v) is 6.94. The molecular formula is C25H27FIN3O2. The number of aryl methyl sites for hydroxylation is 1. The minimum atomic E-state index is -0.534. The lowest BCUT2D eigenvalue weighted by Crippen LogP contribution is -2.36. The van der Waals surface area contributed by atoms with Gasteiger partial charge in [0.05, 0.1) is 17.9 Å². The molecule has 1 amide bonds. The number of H-pyrrole nitrogens is 1. The fraction of sp³-hybridized carbons (Fsp3) is 0.360. The molecule has 1 fully saturated rings. The lowest BCUT2D eigenvalue weighted by molar-refractivity contribution is 0.0218. The van der Waals surface area contributed by atoms with E-state index in [-0.39, 0.29) is 18.0 Å². The van der Waals surface area contributed by atoms with Gasteiger partial charge in [-0.15, -0.1) is 0 Å². The fourth-order valence-corrected chi connectivity index (χ4v) is 4.63. The van der Waals surface area contributed by atoms with Crippen LogP contribution >= 0.6 is 22.6 Å². The van der Waals surface area contributed by atoms with Crippen molar-refractivity contribution in [3.05, 3.63) is 63.4 Å². The zero-order valence-electron chi connectivity index (χ0n) is 18.7. The Morgan fingerprint density at radius 2 is 1.94 bits per heavy atom. The van der Waals surface area contributed by atoms with E-state index in [2.05, 4.69) is 51.6 Å². The Kier molecular flexibility index (Phi) is 6.29. The summed E-state index contributed by atoms with van der Waals surface area (Å²) in [4.78, 5) is 22.5. The van der Waals surface area contributed by atoms with E-state index in [0.29, 0.717) is 6.54 Å². The molecule has 2 heterocycles. The number of carbonyl (C=O) groups excluding carboxylic acids is 1. The van der Waals surface area contributed by atoms with E-state index < -0.39 is 5.60 Å². The van der Waals surface area contributed by atoms with Gasteiger partial charge in [-0.2, -0.15) is 0 Å². The Hall–Kier alpha value is -2.42. The zero-order valence-corrected chi connectivity index (χ0v) is 20.9. The van der Waals surface area contributed by atoms with E-state index in [1.165, 1.54) is 12.1 Å². The highest BCUT2D eigenvalue weighted by molar-refractivity contribution is 14.1. The number of rotatable bonds is 3. The maximum Gasteiger partial charge on any atom is 0.410 e. The molecule has 1 aliphatic heterocycles. The van der Waals surface area contributed by atoms with Crippen LogP contribution in [-0.2, 0) is 4.74 Å². The number of ether oxygens (including phenoxy) is 1. The topological polar surface area (TPSA) is 58.2 Å². The number of nitrogens with zero attached hydrogens (tertiary/aromatic N) is 2. The van der Waals surface area contributed by atoms with Gasteiger partial charge < -0.3 is 9.72 Å². The first kappa shape index (κ1) is 22.8.